The highest BCUT2D eigenvalue weighted by molar-refractivity contribution is 7.80. The maximum atomic E-state index is 12.7. The van der Waals surface area contributed by atoms with Gasteiger partial charge in [-0.15, -0.1) is 0 Å². The number of carbonyl (C=O) groups excluding carboxylic acids is 1. The second-order valence-electron chi connectivity index (χ2n) is 8.20. The fourth-order valence-corrected chi connectivity index (χ4v) is 3.64. The van der Waals surface area contributed by atoms with E-state index >= 15 is 0 Å². The van der Waals surface area contributed by atoms with Crippen LogP contribution in [0, 0.1) is 0 Å². The molecule has 2 aromatic carbocycles. The maximum absolute atomic E-state index is 12.7. The van der Waals surface area contributed by atoms with Gasteiger partial charge in [0.2, 0.25) is 0 Å². The van der Waals surface area contributed by atoms with Crippen molar-refractivity contribution in [3.63, 3.8) is 0 Å². The predicted molar refractivity (Wildman–Crippen MR) is 122 cm³/mol. The molecule has 0 fully saturated rings. The number of rotatable bonds is 4. The lowest BCUT2D eigenvalue weighted by Gasteiger charge is -2.19. The van der Waals surface area contributed by atoms with E-state index in [2.05, 4.69) is 46.3 Å². The normalized spacial score (nSPS) is 12.7. The number of thiol groups is 1. The molecule has 152 valence electrons. The summed E-state index contributed by atoms with van der Waals surface area (Å²) in [6.07, 6.45) is 3.19. The summed E-state index contributed by atoms with van der Waals surface area (Å²) in [5.74, 6) is -0.150. The van der Waals surface area contributed by atoms with Gasteiger partial charge in [0, 0.05) is 11.3 Å². The summed E-state index contributed by atoms with van der Waals surface area (Å²) in [4.78, 5) is 21.3. The molecular weight excluding hydrogens is 394 g/mol. The lowest BCUT2D eigenvalue weighted by molar-refractivity contribution is 0.102. The number of nitrogens with zero attached hydrogens (tertiary/aromatic N) is 3. The van der Waals surface area contributed by atoms with Gasteiger partial charge in [0.15, 0.2) is 5.65 Å². The van der Waals surface area contributed by atoms with E-state index in [-0.39, 0.29) is 16.6 Å². The third kappa shape index (κ3) is 4.07. The van der Waals surface area contributed by atoms with Crippen molar-refractivity contribution in [2.45, 2.75) is 31.4 Å². The fraction of sp³-hybridized carbons (Fsp3) is 0.217. The molecule has 0 aliphatic carbocycles. The molecule has 4 rings (SSSR count). The van der Waals surface area contributed by atoms with E-state index in [1.807, 2.05) is 48.5 Å². The first kappa shape index (κ1) is 20.1. The van der Waals surface area contributed by atoms with E-state index in [4.69, 9.17) is 12.6 Å². The third-order valence-electron chi connectivity index (χ3n) is 5.01. The van der Waals surface area contributed by atoms with Gasteiger partial charge in [0.25, 0.3) is 5.91 Å². The summed E-state index contributed by atoms with van der Waals surface area (Å²) in [5.41, 5.74) is 4.91. The fourth-order valence-electron chi connectivity index (χ4n) is 3.27. The quantitative estimate of drug-likeness (QED) is 0.412. The average molecular weight is 418 g/mol. The van der Waals surface area contributed by atoms with Crippen LogP contribution in [0.5, 0.6) is 0 Å². The number of anilines is 1. The number of hydrogen-bond donors (Lipinski definition) is 3. The molecule has 0 aliphatic rings. The molecule has 2 aromatic heterocycles. The minimum Gasteiger partial charge on any atom is -0.322 e. The first-order chi connectivity index (χ1) is 14.3. The summed E-state index contributed by atoms with van der Waals surface area (Å²) < 4.78 is 0. The summed E-state index contributed by atoms with van der Waals surface area (Å²) in [6.45, 7) is 6.45. The Labute approximate surface area is 180 Å². The van der Waals surface area contributed by atoms with Crippen molar-refractivity contribution in [3.8, 4) is 0 Å². The van der Waals surface area contributed by atoms with Crippen LogP contribution in [-0.4, -0.2) is 26.1 Å². The van der Waals surface area contributed by atoms with Crippen molar-refractivity contribution >= 4 is 35.3 Å². The van der Waals surface area contributed by atoms with E-state index in [0.717, 1.165) is 16.6 Å². The molecule has 4 aromatic rings. The summed E-state index contributed by atoms with van der Waals surface area (Å²) in [6, 6.07) is 15.3. The second-order valence-corrected chi connectivity index (χ2v) is 8.72. The molecule has 1 amide bonds. The van der Waals surface area contributed by atoms with Crippen molar-refractivity contribution in [2.24, 2.45) is 0 Å². The zero-order valence-corrected chi connectivity index (χ0v) is 17.9. The van der Waals surface area contributed by atoms with Crippen LogP contribution in [0.25, 0.3) is 11.0 Å². The number of benzene rings is 2. The van der Waals surface area contributed by atoms with Gasteiger partial charge in [-0.05, 0) is 40.8 Å². The zero-order valence-electron chi connectivity index (χ0n) is 17.0. The second kappa shape index (κ2) is 7.91. The molecule has 2 heterocycles. The smallest absolute Gasteiger partial charge is 0.255 e. The monoisotopic (exact) mass is 417 g/mol. The molecule has 1 unspecified atom stereocenters. The number of aromatic amines is 1. The molecule has 0 spiro atoms. The highest BCUT2D eigenvalue weighted by atomic mass is 32.1. The van der Waals surface area contributed by atoms with Crippen LogP contribution >= 0.6 is 12.6 Å². The third-order valence-corrected chi connectivity index (χ3v) is 5.55. The molecule has 30 heavy (non-hydrogen) atoms. The number of fused-ring (bicyclic) bond motifs is 1. The Morgan fingerprint density at radius 2 is 1.87 bits per heavy atom. The molecule has 6 nitrogen and oxygen atoms in total. The lowest BCUT2D eigenvalue weighted by Crippen LogP contribution is -2.14. The summed E-state index contributed by atoms with van der Waals surface area (Å²) >= 11 is 4.76. The van der Waals surface area contributed by atoms with Crippen molar-refractivity contribution in [3.05, 3.63) is 83.4 Å². The van der Waals surface area contributed by atoms with Gasteiger partial charge in [0.1, 0.15) is 6.33 Å². The zero-order chi connectivity index (χ0) is 21.3. The van der Waals surface area contributed by atoms with E-state index in [1.54, 1.807) is 6.20 Å². The Balaban J connectivity index is 1.55. The molecule has 7 heteroatoms. The van der Waals surface area contributed by atoms with Crippen LogP contribution in [0.3, 0.4) is 0 Å². The summed E-state index contributed by atoms with van der Waals surface area (Å²) in [5, 5.41) is 10.4. The summed E-state index contributed by atoms with van der Waals surface area (Å²) in [7, 11) is 0. The number of nitrogens with one attached hydrogen (secondary N) is 2. The molecule has 1 atom stereocenters. The van der Waals surface area contributed by atoms with Gasteiger partial charge in [-0.25, -0.2) is 9.97 Å². The number of amides is 1. The molecule has 0 bridgehead atoms. The molecule has 0 radical (unpaired) electrons. The molecule has 0 saturated carbocycles. The van der Waals surface area contributed by atoms with Crippen molar-refractivity contribution in [1.82, 2.24) is 20.2 Å². The topological polar surface area (TPSA) is 83.6 Å². The molecule has 0 aliphatic heterocycles. The Morgan fingerprint density at radius 1 is 1.10 bits per heavy atom. The van der Waals surface area contributed by atoms with Gasteiger partial charge in [-0.1, -0.05) is 45.0 Å². The van der Waals surface area contributed by atoms with E-state index in [1.165, 1.54) is 11.9 Å². The van der Waals surface area contributed by atoms with E-state index in [9.17, 15) is 4.79 Å². The molecule has 0 saturated heterocycles. The Hall–Kier alpha value is -3.19. The Bertz CT molecular complexity index is 1190. The van der Waals surface area contributed by atoms with E-state index < -0.39 is 0 Å². The van der Waals surface area contributed by atoms with Crippen molar-refractivity contribution in [2.75, 3.05) is 5.32 Å². The Morgan fingerprint density at radius 3 is 2.60 bits per heavy atom. The van der Waals surface area contributed by atoms with Gasteiger partial charge in [0.05, 0.1) is 22.5 Å². The van der Waals surface area contributed by atoms with Crippen LogP contribution < -0.4 is 5.32 Å². The highest BCUT2D eigenvalue weighted by Crippen LogP contribution is 2.32. The van der Waals surface area contributed by atoms with Crippen LogP contribution in [0.2, 0.25) is 0 Å². The minimum atomic E-state index is -0.281. The lowest BCUT2D eigenvalue weighted by atomic mass is 9.87. The minimum absolute atomic E-state index is 0.0479. The van der Waals surface area contributed by atoms with Crippen molar-refractivity contribution < 1.29 is 4.79 Å². The number of H-pyrrole nitrogens is 1. The van der Waals surface area contributed by atoms with Crippen LogP contribution in [0.15, 0.2) is 61.1 Å². The first-order valence-electron chi connectivity index (χ1n) is 9.67. The number of aromatic nitrogens is 4. The predicted octanol–water partition coefficient (Wildman–Crippen LogP) is 4.92. The number of carbonyl (C=O) groups is 1. The molecular formula is C23H23N5OS. The SMILES string of the molecule is CC(C)(C)c1ccc(C(=O)Nc2cccc(C(S)c3ncnc4[nH]ncc34)c2)cc1. The van der Waals surface area contributed by atoms with Crippen LogP contribution in [-0.2, 0) is 5.41 Å². The highest BCUT2D eigenvalue weighted by Gasteiger charge is 2.17. The van der Waals surface area contributed by atoms with Gasteiger partial charge < -0.3 is 5.32 Å². The first-order valence-corrected chi connectivity index (χ1v) is 10.2. The van der Waals surface area contributed by atoms with Crippen LogP contribution in [0.4, 0.5) is 5.69 Å². The standard InChI is InChI=1S/C23H23N5OS/c1-23(2,3)16-9-7-14(8-10-16)22(29)27-17-6-4-5-15(11-17)20(30)19-18-12-26-28-21(18)25-13-24-19/h4-13,20,30H,1-3H3,(H,27,29)(H,24,25,26,28). The van der Waals surface area contributed by atoms with Gasteiger partial charge >= 0.3 is 0 Å². The average Bonchev–Trinajstić information content (AvgIpc) is 3.22. The van der Waals surface area contributed by atoms with Gasteiger partial charge in [-0.2, -0.15) is 17.7 Å². The largest absolute Gasteiger partial charge is 0.322 e. The maximum Gasteiger partial charge on any atom is 0.255 e. The Kier molecular flexibility index (Phi) is 5.30. The van der Waals surface area contributed by atoms with E-state index in [0.29, 0.717) is 16.9 Å². The number of hydrogen-bond acceptors (Lipinski definition) is 5. The van der Waals surface area contributed by atoms with Crippen molar-refractivity contribution in [1.29, 1.82) is 0 Å². The van der Waals surface area contributed by atoms with Gasteiger partial charge in [-0.3, -0.25) is 9.89 Å². The molecule has 2 N–H and O–H groups in total. The van der Waals surface area contributed by atoms with Crippen LogP contribution in [0.1, 0.15) is 53.2 Å².